The first-order chi connectivity index (χ1) is 19.0. The van der Waals surface area contributed by atoms with Crippen molar-refractivity contribution in [3.05, 3.63) is 130 Å². The highest BCUT2D eigenvalue weighted by atomic mass is 16.5. The van der Waals surface area contributed by atoms with Crippen LogP contribution in [0.4, 0.5) is 0 Å². The Kier molecular flexibility index (Phi) is 6.01. The lowest BCUT2D eigenvalue weighted by Gasteiger charge is -2.15. The number of carbonyl (C=O) groups excluding carboxylic acids is 3. The Morgan fingerprint density at radius 2 is 1.51 bits per heavy atom. The Bertz CT molecular complexity index is 1800. The van der Waals surface area contributed by atoms with Gasteiger partial charge in [0.15, 0.2) is 0 Å². The van der Waals surface area contributed by atoms with Gasteiger partial charge in [0.1, 0.15) is 6.61 Å². The second kappa shape index (κ2) is 9.79. The molecule has 0 spiro atoms. The number of rotatable bonds is 6. The molecule has 3 heterocycles. The predicted molar refractivity (Wildman–Crippen MR) is 142 cm³/mol. The lowest BCUT2D eigenvalue weighted by Crippen LogP contribution is -2.30. The van der Waals surface area contributed by atoms with Gasteiger partial charge in [-0.25, -0.2) is 9.89 Å². The van der Waals surface area contributed by atoms with E-state index in [1.54, 1.807) is 54.7 Å². The first-order valence-corrected chi connectivity index (χ1v) is 12.1. The molecule has 2 aromatic heterocycles. The monoisotopic (exact) mass is 516 g/mol. The maximum Gasteiger partial charge on any atom is 0.340 e. The minimum absolute atomic E-state index is 0.118. The van der Waals surface area contributed by atoms with Crippen LogP contribution < -0.4 is 5.56 Å². The third-order valence-corrected chi connectivity index (χ3v) is 6.57. The van der Waals surface area contributed by atoms with Crippen molar-refractivity contribution in [2.24, 2.45) is 0 Å². The largest absolute Gasteiger partial charge is 0.457 e. The second-order valence-electron chi connectivity index (χ2n) is 9.03. The van der Waals surface area contributed by atoms with Gasteiger partial charge in [0.25, 0.3) is 17.4 Å². The van der Waals surface area contributed by atoms with Gasteiger partial charge in [-0.3, -0.25) is 24.3 Å². The highest BCUT2D eigenvalue weighted by molar-refractivity contribution is 6.21. The number of nitrogens with zero attached hydrogens (tertiary/aromatic N) is 3. The van der Waals surface area contributed by atoms with E-state index in [4.69, 9.17) is 4.74 Å². The number of H-pyrrole nitrogens is 1. The number of esters is 1. The highest BCUT2D eigenvalue weighted by Gasteiger charge is 2.35. The van der Waals surface area contributed by atoms with Gasteiger partial charge in [-0.1, -0.05) is 48.5 Å². The third kappa shape index (κ3) is 4.46. The fourth-order valence-corrected chi connectivity index (χ4v) is 4.57. The molecule has 0 atom stereocenters. The number of benzene rings is 3. The summed E-state index contributed by atoms with van der Waals surface area (Å²) < 4.78 is 5.43. The summed E-state index contributed by atoms with van der Waals surface area (Å²) in [5, 5.41) is 7.44. The van der Waals surface area contributed by atoms with Crippen molar-refractivity contribution in [2.75, 3.05) is 0 Å². The van der Waals surface area contributed by atoms with Crippen LogP contribution in [0.3, 0.4) is 0 Å². The number of hydrogen-bond acceptors (Lipinski definition) is 7. The summed E-state index contributed by atoms with van der Waals surface area (Å²) in [5.41, 5.74) is 3.05. The molecule has 0 radical (unpaired) electrons. The van der Waals surface area contributed by atoms with Gasteiger partial charge in [0.05, 0.1) is 34.3 Å². The van der Waals surface area contributed by atoms with Crippen LogP contribution in [0.25, 0.3) is 21.9 Å². The van der Waals surface area contributed by atoms with Crippen LogP contribution in [0.1, 0.15) is 42.3 Å². The van der Waals surface area contributed by atoms with Gasteiger partial charge >= 0.3 is 5.97 Å². The van der Waals surface area contributed by atoms with Crippen molar-refractivity contribution in [3.8, 4) is 11.1 Å². The summed E-state index contributed by atoms with van der Waals surface area (Å²) in [6.07, 6.45) is 3.03. The molecule has 1 N–H and O–H groups in total. The zero-order chi connectivity index (χ0) is 26.9. The van der Waals surface area contributed by atoms with Crippen LogP contribution in [0.15, 0.2) is 96.1 Å². The molecule has 9 heteroatoms. The molecule has 1 aliphatic heterocycles. The van der Waals surface area contributed by atoms with E-state index in [0.29, 0.717) is 38.7 Å². The fourth-order valence-electron chi connectivity index (χ4n) is 4.57. The number of aromatic amines is 1. The molecule has 0 fully saturated rings. The van der Waals surface area contributed by atoms with Gasteiger partial charge in [-0.2, -0.15) is 5.10 Å². The molecular weight excluding hydrogens is 496 g/mol. The molecule has 9 nitrogen and oxygen atoms in total. The molecule has 39 heavy (non-hydrogen) atoms. The molecule has 0 saturated carbocycles. The van der Waals surface area contributed by atoms with Crippen LogP contribution in [-0.4, -0.2) is 37.9 Å². The number of imide groups is 1. The smallest absolute Gasteiger partial charge is 0.340 e. The molecule has 5 aromatic rings. The Balaban J connectivity index is 1.31. The predicted octanol–water partition coefficient (Wildman–Crippen LogP) is 4.14. The van der Waals surface area contributed by atoms with E-state index in [9.17, 15) is 19.2 Å². The van der Waals surface area contributed by atoms with Gasteiger partial charge in [0.2, 0.25) is 0 Å². The molecular formula is C30H20N4O5. The summed E-state index contributed by atoms with van der Waals surface area (Å²) in [6.45, 7) is 0.0165. The first-order valence-electron chi connectivity index (χ1n) is 12.1. The molecule has 1 aliphatic rings. The summed E-state index contributed by atoms with van der Waals surface area (Å²) in [6, 6.07) is 22.7. The fraction of sp³-hybridized carbons (Fsp3) is 0.0667. The minimum Gasteiger partial charge on any atom is -0.457 e. The molecule has 190 valence electrons. The summed E-state index contributed by atoms with van der Waals surface area (Å²) >= 11 is 0. The average molecular weight is 517 g/mol. The van der Waals surface area contributed by atoms with Crippen molar-refractivity contribution >= 4 is 28.6 Å². The number of nitrogens with one attached hydrogen (secondary N) is 1. The molecule has 3 aromatic carbocycles. The van der Waals surface area contributed by atoms with Crippen LogP contribution in [0.5, 0.6) is 0 Å². The van der Waals surface area contributed by atoms with Crippen LogP contribution in [0.2, 0.25) is 0 Å². The third-order valence-electron chi connectivity index (χ3n) is 6.57. The Labute approximate surface area is 221 Å². The summed E-state index contributed by atoms with van der Waals surface area (Å²) in [5.74, 6) is -1.35. The number of ether oxygens (including phenoxy) is 1. The second-order valence-corrected chi connectivity index (χ2v) is 9.03. The van der Waals surface area contributed by atoms with Crippen molar-refractivity contribution in [1.82, 2.24) is 20.1 Å². The number of carbonyl (C=O) groups is 3. The van der Waals surface area contributed by atoms with Gasteiger partial charge in [-0.15, -0.1) is 0 Å². The highest BCUT2D eigenvalue weighted by Crippen LogP contribution is 2.28. The van der Waals surface area contributed by atoms with E-state index in [0.717, 1.165) is 10.5 Å². The van der Waals surface area contributed by atoms with Crippen LogP contribution in [0, 0.1) is 0 Å². The van der Waals surface area contributed by atoms with Crippen molar-refractivity contribution in [1.29, 1.82) is 0 Å². The number of pyridine rings is 1. The number of aromatic nitrogens is 3. The van der Waals surface area contributed by atoms with E-state index in [-0.39, 0.29) is 18.7 Å². The lowest BCUT2D eigenvalue weighted by molar-refractivity contribution is 0.0471. The maximum absolute atomic E-state index is 12.9. The van der Waals surface area contributed by atoms with E-state index < -0.39 is 23.3 Å². The number of amides is 2. The summed E-state index contributed by atoms with van der Waals surface area (Å²) in [7, 11) is 0. The molecule has 0 saturated heterocycles. The number of hydrogen-bond donors (Lipinski definition) is 1. The molecule has 0 unspecified atom stereocenters. The quantitative estimate of drug-likeness (QED) is 0.266. The zero-order valence-corrected chi connectivity index (χ0v) is 20.5. The molecule has 2 amide bonds. The van der Waals surface area contributed by atoms with Crippen LogP contribution in [-0.2, 0) is 17.9 Å². The van der Waals surface area contributed by atoms with Gasteiger partial charge in [-0.05, 0) is 41.5 Å². The topological polar surface area (TPSA) is 122 Å². The normalized spacial score (nSPS) is 12.6. The van der Waals surface area contributed by atoms with Crippen molar-refractivity contribution < 1.29 is 19.1 Å². The minimum atomic E-state index is -0.515. The van der Waals surface area contributed by atoms with E-state index in [2.05, 4.69) is 15.2 Å². The Morgan fingerprint density at radius 3 is 2.26 bits per heavy atom. The maximum atomic E-state index is 12.9. The molecule has 0 aliphatic carbocycles. The average Bonchev–Trinajstić information content (AvgIpc) is 3.22. The summed E-state index contributed by atoms with van der Waals surface area (Å²) in [4.78, 5) is 56.3. The lowest BCUT2D eigenvalue weighted by atomic mass is 10.0. The van der Waals surface area contributed by atoms with Gasteiger partial charge in [0, 0.05) is 23.3 Å². The Morgan fingerprint density at radius 1 is 0.795 bits per heavy atom. The van der Waals surface area contributed by atoms with Gasteiger partial charge < -0.3 is 4.74 Å². The standard InChI is InChI=1S/C30H20N4O5/c35-27-22-11-10-19(20-12-21(15-31-14-20)30(38)39-17-18-6-2-1-3-7-18)13-25(22)26(32-33-27)16-34-28(36)23-8-4-5-9-24(23)29(34)37/h1-15H,16-17H2,(H,33,35). The van der Waals surface area contributed by atoms with E-state index >= 15 is 0 Å². The molecule has 0 bridgehead atoms. The zero-order valence-electron chi connectivity index (χ0n) is 20.5. The first kappa shape index (κ1) is 23.9. The van der Waals surface area contributed by atoms with Crippen molar-refractivity contribution in [2.45, 2.75) is 13.2 Å². The number of fused-ring (bicyclic) bond motifs is 2. The van der Waals surface area contributed by atoms with Crippen molar-refractivity contribution in [3.63, 3.8) is 0 Å². The SMILES string of the molecule is O=C(OCc1ccccc1)c1cncc(-c2ccc3c(=O)[nH]nc(CN4C(=O)c5ccccc5C4=O)c3c2)c1. The van der Waals surface area contributed by atoms with E-state index in [1.165, 1.54) is 6.20 Å². The van der Waals surface area contributed by atoms with Crippen LogP contribution >= 0.6 is 0 Å². The van der Waals surface area contributed by atoms with E-state index in [1.807, 2.05) is 30.3 Å². The Hall–Kier alpha value is -5.44. The molecule has 6 rings (SSSR count).